The molecule has 0 bridgehead atoms. The summed E-state index contributed by atoms with van der Waals surface area (Å²) < 4.78 is 17.7. The summed E-state index contributed by atoms with van der Waals surface area (Å²) in [6.45, 7) is 1.49. The first-order valence-corrected chi connectivity index (χ1v) is 3.88. The van der Waals surface area contributed by atoms with Gasteiger partial charge in [0.2, 0.25) is 0 Å². The molecule has 3 nitrogen and oxygen atoms in total. The quantitative estimate of drug-likeness (QED) is 0.639. The van der Waals surface area contributed by atoms with Crippen LogP contribution in [0.2, 0.25) is 0 Å². The second-order valence-electron chi connectivity index (χ2n) is 2.76. The van der Waals surface area contributed by atoms with Crippen molar-refractivity contribution in [2.24, 2.45) is 0 Å². The third kappa shape index (κ3) is 1.72. The van der Waals surface area contributed by atoms with Gasteiger partial charge in [-0.2, -0.15) is 5.26 Å². The Morgan fingerprint density at radius 2 is 2.21 bits per heavy atom. The number of nitrogens with zero attached hydrogens (tertiary/aromatic N) is 1. The van der Waals surface area contributed by atoms with Crippen LogP contribution in [0.3, 0.4) is 0 Å². The Bertz CT molecular complexity index is 421. The molecular formula is C10H8FNO2. The predicted molar refractivity (Wildman–Crippen MR) is 47.2 cm³/mol. The molecule has 0 radical (unpaired) electrons. The molecule has 0 aliphatic carbocycles. The van der Waals surface area contributed by atoms with E-state index >= 15 is 0 Å². The maximum Gasteiger partial charge on any atom is 0.340 e. The molecule has 0 unspecified atom stereocenters. The average molecular weight is 193 g/mol. The van der Waals surface area contributed by atoms with Crippen LogP contribution in [0, 0.1) is 24.1 Å². The van der Waals surface area contributed by atoms with E-state index < -0.39 is 11.8 Å². The summed E-state index contributed by atoms with van der Waals surface area (Å²) in [6, 6.07) is 4.39. The lowest BCUT2D eigenvalue weighted by molar-refractivity contribution is 0.0595. The van der Waals surface area contributed by atoms with E-state index in [-0.39, 0.29) is 16.7 Å². The monoisotopic (exact) mass is 193 g/mol. The number of aryl methyl sites for hydroxylation is 1. The van der Waals surface area contributed by atoms with E-state index in [1.165, 1.54) is 19.1 Å². The Kier molecular flexibility index (Phi) is 2.82. The van der Waals surface area contributed by atoms with Gasteiger partial charge in [-0.15, -0.1) is 0 Å². The SMILES string of the molecule is COC(=O)c1cc(C#N)cc(C)c1F. The molecule has 0 aliphatic rings. The van der Waals surface area contributed by atoms with Crippen molar-refractivity contribution < 1.29 is 13.9 Å². The molecule has 0 N–H and O–H groups in total. The summed E-state index contributed by atoms with van der Waals surface area (Å²) in [6.07, 6.45) is 0. The van der Waals surface area contributed by atoms with E-state index in [9.17, 15) is 9.18 Å². The molecule has 0 spiro atoms. The number of methoxy groups -OCH3 is 1. The molecule has 0 amide bonds. The van der Waals surface area contributed by atoms with Gasteiger partial charge in [-0.1, -0.05) is 0 Å². The van der Waals surface area contributed by atoms with Crippen LogP contribution >= 0.6 is 0 Å². The molecule has 0 saturated carbocycles. The van der Waals surface area contributed by atoms with Crippen molar-refractivity contribution in [3.63, 3.8) is 0 Å². The van der Waals surface area contributed by atoms with Crippen LogP contribution < -0.4 is 0 Å². The summed E-state index contributed by atoms with van der Waals surface area (Å²) in [4.78, 5) is 11.1. The second kappa shape index (κ2) is 3.88. The Hall–Kier alpha value is -1.89. The minimum atomic E-state index is -0.775. The van der Waals surface area contributed by atoms with Crippen LogP contribution in [0.25, 0.3) is 0 Å². The van der Waals surface area contributed by atoms with Crippen LogP contribution in [-0.2, 0) is 4.74 Å². The lowest BCUT2D eigenvalue weighted by Gasteiger charge is -2.03. The maximum atomic E-state index is 13.3. The number of rotatable bonds is 1. The number of carbonyl (C=O) groups excluding carboxylic acids is 1. The first kappa shape index (κ1) is 10.2. The minimum Gasteiger partial charge on any atom is -0.465 e. The van der Waals surface area contributed by atoms with Crippen molar-refractivity contribution in [3.05, 3.63) is 34.6 Å². The maximum absolute atomic E-state index is 13.3. The molecule has 1 aromatic rings. The zero-order valence-electron chi connectivity index (χ0n) is 7.80. The average Bonchev–Trinajstić information content (AvgIpc) is 2.20. The fourth-order valence-corrected chi connectivity index (χ4v) is 1.09. The minimum absolute atomic E-state index is 0.205. The Balaban J connectivity index is 3.36. The third-order valence-electron chi connectivity index (χ3n) is 1.79. The van der Waals surface area contributed by atoms with Crippen LogP contribution in [0.5, 0.6) is 0 Å². The van der Waals surface area contributed by atoms with E-state index in [4.69, 9.17) is 5.26 Å². The summed E-state index contributed by atoms with van der Waals surface area (Å²) in [5, 5.41) is 8.61. The van der Waals surface area contributed by atoms with Gasteiger partial charge in [0.1, 0.15) is 5.82 Å². The number of benzene rings is 1. The van der Waals surface area contributed by atoms with Crippen LogP contribution in [-0.4, -0.2) is 13.1 Å². The normalized spacial score (nSPS) is 9.29. The smallest absolute Gasteiger partial charge is 0.340 e. The summed E-state index contributed by atoms with van der Waals surface area (Å²) in [5.74, 6) is -1.42. The van der Waals surface area contributed by atoms with Crippen molar-refractivity contribution in [1.29, 1.82) is 5.26 Å². The highest BCUT2D eigenvalue weighted by Crippen LogP contribution is 2.15. The zero-order chi connectivity index (χ0) is 10.7. The fraction of sp³-hybridized carbons (Fsp3) is 0.200. The highest BCUT2D eigenvalue weighted by Gasteiger charge is 2.15. The molecule has 4 heteroatoms. The van der Waals surface area contributed by atoms with Crippen molar-refractivity contribution in [3.8, 4) is 6.07 Å². The molecule has 1 rings (SSSR count). The second-order valence-corrected chi connectivity index (χ2v) is 2.76. The molecule has 0 aliphatic heterocycles. The fourth-order valence-electron chi connectivity index (χ4n) is 1.09. The van der Waals surface area contributed by atoms with Crippen LogP contribution in [0.1, 0.15) is 21.5 Å². The van der Waals surface area contributed by atoms with Gasteiger partial charge in [-0.05, 0) is 24.6 Å². The van der Waals surface area contributed by atoms with Crippen molar-refractivity contribution in [2.45, 2.75) is 6.92 Å². The number of esters is 1. The third-order valence-corrected chi connectivity index (χ3v) is 1.79. The number of hydrogen-bond acceptors (Lipinski definition) is 3. The molecule has 0 atom stereocenters. The lowest BCUT2D eigenvalue weighted by Crippen LogP contribution is -2.06. The van der Waals surface area contributed by atoms with Gasteiger partial charge in [0.25, 0.3) is 0 Å². The van der Waals surface area contributed by atoms with E-state index in [2.05, 4.69) is 4.74 Å². The van der Waals surface area contributed by atoms with Crippen molar-refractivity contribution >= 4 is 5.97 Å². The number of carbonyl (C=O) groups is 1. The summed E-state index contributed by atoms with van der Waals surface area (Å²) in [5.41, 5.74) is 0.290. The van der Waals surface area contributed by atoms with Crippen molar-refractivity contribution in [2.75, 3.05) is 7.11 Å². The topological polar surface area (TPSA) is 50.1 Å². The number of hydrogen-bond donors (Lipinski definition) is 0. The molecule has 14 heavy (non-hydrogen) atoms. The van der Waals surface area contributed by atoms with Gasteiger partial charge < -0.3 is 4.74 Å². The number of halogens is 1. The van der Waals surface area contributed by atoms with Gasteiger partial charge in [-0.25, -0.2) is 9.18 Å². The standard InChI is InChI=1S/C10H8FNO2/c1-6-3-7(5-12)4-8(9(6)11)10(13)14-2/h3-4H,1-2H3. The Morgan fingerprint density at radius 3 is 2.71 bits per heavy atom. The summed E-state index contributed by atoms with van der Waals surface area (Å²) in [7, 11) is 1.16. The van der Waals surface area contributed by atoms with E-state index in [1.807, 2.05) is 6.07 Å². The number of nitriles is 1. The van der Waals surface area contributed by atoms with Crippen molar-refractivity contribution in [1.82, 2.24) is 0 Å². The molecule has 0 aromatic heterocycles. The van der Waals surface area contributed by atoms with Gasteiger partial charge in [0.15, 0.2) is 0 Å². The van der Waals surface area contributed by atoms with E-state index in [1.54, 1.807) is 0 Å². The highest BCUT2D eigenvalue weighted by molar-refractivity contribution is 5.90. The zero-order valence-corrected chi connectivity index (χ0v) is 7.80. The van der Waals surface area contributed by atoms with Gasteiger partial charge in [0, 0.05) is 0 Å². The highest BCUT2D eigenvalue weighted by atomic mass is 19.1. The molecule has 0 saturated heterocycles. The van der Waals surface area contributed by atoms with Crippen LogP contribution in [0.15, 0.2) is 12.1 Å². The van der Waals surface area contributed by atoms with Gasteiger partial charge in [-0.3, -0.25) is 0 Å². The van der Waals surface area contributed by atoms with Gasteiger partial charge in [0.05, 0.1) is 24.3 Å². The van der Waals surface area contributed by atoms with Crippen LogP contribution in [0.4, 0.5) is 4.39 Å². The molecule has 72 valence electrons. The largest absolute Gasteiger partial charge is 0.465 e. The first-order chi connectivity index (χ1) is 6.60. The first-order valence-electron chi connectivity index (χ1n) is 3.88. The Morgan fingerprint density at radius 1 is 1.57 bits per heavy atom. The molecule has 1 aromatic carbocycles. The number of ether oxygens (including phenoxy) is 1. The molecular weight excluding hydrogens is 185 g/mol. The van der Waals surface area contributed by atoms with E-state index in [0.29, 0.717) is 0 Å². The molecule has 0 heterocycles. The summed E-state index contributed by atoms with van der Waals surface area (Å²) >= 11 is 0. The van der Waals surface area contributed by atoms with Gasteiger partial charge >= 0.3 is 5.97 Å². The molecule has 0 fully saturated rings. The lowest BCUT2D eigenvalue weighted by atomic mass is 10.1. The Labute approximate surface area is 80.7 Å². The van der Waals surface area contributed by atoms with E-state index in [0.717, 1.165) is 7.11 Å². The predicted octanol–water partition coefficient (Wildman–Crippen LogP) is 1.79.